The minimum Gasteiger partial charge on any atom is -0.507 e. The molecule has 0 aromatic heterocycles. The molecule has 0 spiro atoms. The molecule has 10 nitrogen and oxygen atoms in total. The summed E-state index contributed by atoms with van der Waals surface area (Å²) in [5.41, 5.74) is 0.588. The molecule has 1 heterocycles. The predicted octanol–water partition coefficient (Wildman–Crippen LogP) is -0.320. The third kappa shape index (κ3) is 3.85. The molecule has 0 amide bonds. The van der Waals surface area contributed by atoms with E-state index >= 15 is 0 Å². The van der Waals surface area contributed by atoms with Gasteiger partial charge in [-0.3, -0.25) is 9.59 Å². The Bertz CT molecular complexity index is 1090. The smallest absolute Gasteiger partial charge is 0.302 e. The van der Waals surface area contributed by atoms with Crippen molar-refractivity contribution in [1.29, 1.82) is 0 Å². The summed E-state index contributed by atoms with van der Waals surface area (Å²) in [6.07, 6.45) is -7.36. The van der Waals surface area contributed by atoms with Crippen LogP contribution in [0.3, 0.4) is 0 Å². The number of carbonyl (C=O) groups is 2. The molecule has 4 rings (SSSR count). The second kappa shape index (κ2) is 8.73. The first kappa shape index (κ1) is 23.1. The number of rotatable bonds is 4. The van der Waals surface area contributed by atoms with E-state index in [1.54, 1.807) is 0 Å². The summed E-state index contributed by atoms with van der Waals surface area (Å²) in [4.78, 5) is 24.5. The number of hydrogen-bond acceptors (Lipinski definition) is 10. The minimum absolute atomic E-state index is 0.102. The molecule has 2 aliphatic rings. The highest BCUT2D eigenvalue weighted by Crippen LogP contribution is 2.47. The number of aliphatic hydroxyl groups is 4. The Morgan fingerprint density at radius 1 is 1.00 bits per heavy atom. The zero-order valence-corrected chi connectivity index (χ0v) is 17.6. The number of hydrogen-bond donors (Lipinski definition) is 6. The molecule has 1 fully saturated rings. The normalized spacial score (nSPS) is 28.7. The summed E-state index contributed by atoms with van der Waals surface area (Å²) in [5.74, 6) is -2.97. The van der Waals surface area contributed by atoms with Gasteiger partial charge in [0.15, 0.2) is 0 Å². The van der Waals surface area contributed by atoms with Crippen LogP contribution in [0.1, 0.15) is 45.5 Å². The van der Waals surface area contributed by atoms with Gasteiger partial charge in [0.1, 0.15) is 42.5 Å². The van der Waals surface area contributed by atoms with E-state index in [2.05, 4.69) is 0 Å². The van der Waals surface area contributed by atoms with Crippen LogP contribution in [0, 0.1) is 0 Å². The van der Waals surface area contributed by atoms with Gasteiger partial charge in [0.25, 0.3) is 0 Å². The van der Waals surface area contributed by atoms with E-state index in [1.165, 1.54) is 37.3 Å². The van der Waals surface area contributed by atoms with Crippen LogP contribution in [0.5, 0.6) is 11.5 Å². The Hall–Kier alpha value is -3.02. The Labute approximate surface area is 188 Å². The lowest BCUT2D eigenvalue weighted by Crippen LogP contribution is -2.60. The summed E-state index contributed by atoms with van der Waals surface area (Å²) >= 11 is 0. The van der Waals surface area contributed by atoms with Crippen LogP contribution in [-0.2, 0) is 20.9 Å². The Morgan fingerprint density at radius 2 is 1.70 bits per heavy atom. The molecule has 2 aromatic rings. The number of fused-ring (bicyclic) bond motifs is 2. The first-order valence-electron chi connectivity index (χ1n) is 10.3. The van der Waals surface area contributed by atoms with Crippen molar-refractivity contribution in [2.75, 3.05) is 6.61 Å². The number of aromatic hydroxyl groups is 2. The molecule has 10 heteroatoms. The van der Waals surface area contributed by atoms with Crippen molar-refractivity contribution in [3.63, 3.8) is 0 Å². The van der Waals surface area contributed by atoms with E-state index in [4.69, 9.17) is 9.47 Å². The minimum atomic E-state index is -1.67. The van der Waals surface area contributed by atoms with Crippen LogP contribution in [-0.4, -0.2) is 79.5 Å². The third-order valence-corrected chi connectivity index (χ3v) is 6.11. The number of aliphatic hydroxyl groups excluding tert-OH is 4. The van der Waals surface area contributed by atoms with Crippen molar-refractivity contribution in [1.82, 2.24) is 0 Å². The van der Waals surface area contributed by atoms with Crippen LogP contribution >= 0.6 is 0 Å². The third-order valence-electron chi connectivity index (χ3n) is 6.11. The van der Waals surface area contributed by atoms with Gasteiger partial charge in [-0.05, 0) is 28.8 Å². The first-order valence-corrected chi connectivity index (χ1v) is 10.3. The molecule has 33 heavy (non-hydrogen) atoms. The predicted molar refractivity (Wildman–Crippen MR) is 111 cm³/mol. The number of ketones is 1. The van der Waals surface area contributed by atoms with Crippen LogP contribution in [0.4, 0.5) is 0 Å². The van der Waals surface area contributed by atoms with Gasteiger partial charge in [-0.25, -0.2) is 0 Å². The number of ether oxygens (including phenoxy) is 2. The second-order valence-corrected chi connectivity index (χ2v) is 8.20. The summed E-state index contributed by atoms with van der Waals surface area (Å²) in [5, 5.41) is 62.0. The number of phenols is 2. The van der Waals surface area contributed by atoms with E-state index in [1.807, 2.05) is 0 Å². The lowest BCUT2D eigenvalue weighted by Gasteiger charge is -2.45. The maximum absolute atomic E-state index is 13.2. The number of carbonyl (C=O) groups excluding carboxylic acids is 2. The summed E-state index contributed by atoms with van der Waals surface area (Å²) in [7, 11) is 0. The first-order chi connectivity index (χ1) is 15.6. The molecule has 6 N–H and O–H groups in total. The van der Waals surface area contributed by atoms with Gasteiger partial charge in [-0.15, -0.1) is 0 Å². The molecule has 2 aromatic carbocycles. The van der Waals surface area contributed by atoms with Gasteiger partial charge in [-0.1, -0.05) is 18.2 Å². The second-order valence-electron chi connectivity index (χ2n) is 8.20. The van der Waals surface area contributed by atoms with Crippen molar-refractivity contribution in [2.45, 2.75) is 50.0 Å². The van der Waals surface area contributed by atoms with Gasteiger partial charge in [-0.2, -0.15) is 0 Å². The van der Waals surface area contributed by atoms with Crippen molar-refractivity contribution in [2.24, 2.45) is 0 Å². The fraction of sp³-hybridized carbons (Fsp3) is 0.391. The number of benzene rings is 2. The van der Waals surface area contributed by atoms with Crippen molar-refractivity contribution >= 4 is 11.8 Å². The largest absolute Gasteiger partial charge is 0.507 e. The highest BCUT2D eigenvalue weighted by molar-refractivity contribution is 6.16. The maximum Gasteiger partial charge on any atom is 0.302 e. The van der Waals surface area contributed by atoms with Crippen molar-refractivity contribution < 1.29 is 49.7 Å². The Kier molecular flexibility index (Phi) is 6.12. The Morgan fingerprint density at radius 3 is 2.36 bits per heavy atom. The monoisotopic (exact) mass is 460 g/mol. The fourth-order valence-corrected chi connectivity index (χ4v) is 4.59. The molecular formula is C23H24O10. The lowest BCUT2D eigenvalue weighted by atomic mass is 9.71. The molecule has 0 radical (unpaired) electrons. The van der Waals surface area contributed by atoms with Gasteiger partial charge in [0.2, 0.25) is 5.78 Å². The summed E-state index contributed by atoms with van der Waals surface area (Å²) < 4.78 is 10.8. The van der Waals surface area contributed by atoms with Crippen LogP contribution in [0.15, 0.2) is 30.3 Å². The molecule has 1 saturated heterocycles. The molecule has 176 valence electrons. The average molecular weight is 460 g/mol. The molecule has 0 saturated carbocycles. The van der Waals surface area contributed by atoms with E-state index in [-0.39, 0.29) is 34.6 Å². The van der Waals surface area contributed by atoms with E-state index < -0.39 is 60.5 Å². The van der Waals surface area contributed by atoms with Crippen LogP contribution in [0.25, 0.3) is 0 Å². The molecule has 0 bridgehead atoms. The van der Waals surface area contributed by atoms with E-state index in [0.29, 0.717) is 5.56 Å². The maximum atomic E-state index is 13.2. The van der Waals surface area contributed by atoms with Crippen molar-refractivity contribution in [3.8, 4) is 11.5 Å². The molecule has 1 aliphatic carbocycles. The number of phenolic OH excluding ortho intramolecular Hbond substituents is 2. The lowest BCUT2D eigenvalue weighted by molar-refractivity contribution is -0.232. The van der Waals surface area contributed by atoms with E-state index in [9.17, 15) is 40.2 Å². The zero-order valence-electron chi connectivity index (χ0n) is 17.6. The Balaban J connectivity index is 1.91. The zero-order chi connectivity index (χ0) is 24.0. The highest BCUT2D eigenvalue weighted by Gasteiger charge is 2.50. The SMILES string of the molecule is CC(=O)OCc1cc(O)c2c(c1)C([C@H]1O[C@@H](CO)[C@H](O)[C@@H](O)[C@@H]1O)c1cccc(O)c1C2=O. The average Bonchev–Trinajstić information content (AvgIpc) is 2.77. The standard InChI is InChI=1S/C23H24O10/c1-9(25)32-8-10-5-12-16(23-22(31)21(30)19(28)15(7-24)33-23)11-3-2-4-13(26)17(11)20(29)18(12)14(27)6-10/h2-6,15-16,19,21-24,26-28,30-31H,7-8H2,1H3/t15-,16?,19-,21+,22-,23+/m0/s1. The van der Waals surface area contributed by atoms with Crippen LogP contribution < -0.4 is 0 Å². The molecule has 6 atom stereocenters. The van der Waals surface area contributed by atoms with Gasteiger partial charge < -0.3 is 40.1 Å². The molecule has 1 unspecified atom stereocenters. The topological polar surface area (TPSA) is 174 Å². The summed E-state index contributed by atoms with van der Waals surface area (Å²) in [6.45, 7) is 0.376. The van der Waals surface area contributed by atoms with Gasteiger partial charge in [0.05, 0.1) is 23.8 Å². The summed E-state index contributed by atoms with van der Waals surface area (Å²) in [6, 6.07) is 7.10. The highest BCUT2D eigenvalue weighted by atomic mass is 16.5. The fourth-order valence-electron chi connectivity index (χ4n) is 4.59. The van der Waals surface area contributed by atoms with Gasteiger partial charge >= 0.3 is 5.97 Å². The van der Waals surface area contributed by atoms with E-state index in [0.717, 1.165) is 0 Å². The number of esters is 1. The quantitative estimate of drug-likeness (QED) is 0.332. The van der Waals surface area contributed by atoms with Crippen LogP contribution in [0.2, 0.25) is 0 Å². The molecular weight excluding hydrogens is 436 g/mol. The van der Waals surface area contributed by atoms with Gasteiger partial charge in [0, 0.05) is 12.8 Å². The molecule has 1 aliphatic heterocycles. The van der Waals surface area contributed by atoms with Crippen molar-refractivity contribution in [3.05, 3.63) is 58.1 Å².